The normalized spacial score (nSPS) is 11.3. The Bertz CT molecular complexity index is 1120. The van der Waals surface area contributed by atoms with Gasteiger partial charge >= 0.3 is 0 Å². The van der Waals surface area contributed by atoms with Crippen molar-refractivity contribution in [3.63, 3.8) is 0 Å². The number of nitrogens with zero attached hydrogens (tertiary/aromatic N) is 3. The summed E-state index contributed by atoms with van der Waals surface area (Å²) in [5.74, 6) is 0.501. The van der Waals surface area contributed by atoms with Crippen molar-refractivity contribution < 1.29 is 4.39 Å². The van der Waals surface area contributed by atoms with E-state index >= 15 is 0 Å². The van der Waals surface area contributed by atoms with Crippen molar-refractivity contribution in [1.82, 2.24) is 25.2 Å². The molecule has 0 saturated carbocycles. The average molecular weight is 518 g/mol. The fraction of sp³-hybridized carbons (Fsp3) is 0.182. The fourth-order valence-electron chi connectivity index (χ4n) is 3.39. The van der Waals surface area contributed by atoms with Crippen molar-refractivity contribution in [1.29, 1.82) is 0 Å². The highest BCUT2D eigenvalue weighted by atomic mass is 127. The number of rotatable bonds is 6. The molecule has 2 heterocycles. The number of halogens is 2. The van der Waals surface area contributed by atoms with Gasteiger partial charge in [0.1, 0.15) is 5.82 Å². The van der Waals surface area contributed by atoms with E-state index in [0.717, 1.165) is 40.1 Å². The minimum atomic E-state index is -0.232. The maximum atomic E-state index is 13.3. The summed E-state index contributed by atoms with van der Waals surface area (Å²) in [5.41, 5.74) is 4.19. The summed E-state index contributed by atoms with van der Waals surface area (Å²) in [4.78, 5) is 11.6. The van der Waals surface area contributed by atoms with E-state index in [2.05, 4.69) is 37.7 Å². The number of H-pyrrole nitrogens is 1. The van der Waals surface area contributed by atoms with Gasteiger partial charge in [-0.1, -0.05) is 18.2 Å². The van der Waals surface area contributed by atoms with E-state index in [4.69, 9.17) is 0 Å². The van der Waals surface area contributed by atoms with Crippen molar-refractivity contribution in [2.75, 3.05) is 13.6 Å². The second kappa shape index (κ2) is 10.2. The van der Waals surface area contributed by atoms with Crippen LogP contribution in [0.25, 0.3) is 16.6 Å². The Labute approximate surface area is 191 Å². The molecule has 0 aliphatic heterocycles. The molecule has 8 heteroatoms. The summed E-state index contributed by atoms with van der Waals surface area (Å²) < 4.78 is 15.3. The SMILES string of the molecule is CN=C(NCCc1c[nH]c2cc(F)ccc12)NCc1ccccc1-n1ccnc1.I. The lowest BCUT2D eigenvalue weighted by Crippen LogP contribution is -2.38. The van der Waals surface area contributed by atoms with E-state index in [1.807, 2.05) is 35.2 Å². The summed E-state index contributed by atoms with van der Waals surface area (Å²) >= 11 is 0. The highest BCUT2D eigenvalue weighted by molar-refractivity contribution is 14.0. The third-order valence-electron chi connectivity index (χ3n) is 4.86. The first kappa shape index (κ1) is 21.8. The summed E-state index contributed by atoms with van der Waals surface area (Å²) in [6, 6.07) is 13.0. The smallest absolute Gasteiger partial charge is 0.191 e. The van der Waals surface area contributed by atoms with Gasteiger partial charge in [-0.25, -0.2) is 9.37 Å². The third kappa shape index (κ3) is 4.99. The molecule has 0 aliphatic rings. The Morgan fingerprint density at radius 2 is 2.03 bits per heavy atom. The molecule has 2 aromatic carbocycles. The molecule has 0 radical (unpaired) electrons. The van der Waals surface area contributed by atoms with E-state index in [0.29, 0.717) is 13.1 Å². The predicted octanol–water partition coefficient (Wildman–Crippen LogP) is 4.02. The molecule has 3 N–H and O–H groups in total. The lowest BCUT2D eigenvalue weighted by atomic mass is 10.1. The van der Waals surface area contributed by atoms with Crippen molar-refractivity contribution in [2.24, 2.45) is 4.99 Å². The molecule has 0 fully saturated rings. The number of aromatic nitrogens is 3. The number of benzene rings is 2. The molecule has 0 saturated heterocycles. The molecular weight excluding hydrogens is 494 g/mol. The molecule has 6 nitrogen and oxygen atoms in total. The van der Waals surface area contributed by atoms with Crippen LogP contribution >= 0.6 is 24.0 Å². The molecule has 0 unspecified atom stereocenters. The summed E-state index contributed by atoms with van der Waals surface area (Å²) in [7, 11) is 1.76. The summed E-state index contributed by atoms with van der Waals surface area (Å²) in [6.45, 7) is 1.35. The topological polar surface area (TPSA) is 70.0 Å². The Balaban J connectivity index is 0.00000256. The van der Waals surface area contributed by atoms with Crippen LogP contribution in [0.15, 0.2) is 72.4 Å². The number of aromatic amines is 1. The monoisotopic (exact) mass is 518 g/mol. The zero-order valence-electron chi connectivity index (χ0n) is 16.6. The zero-order valence-corrected chi connectivity index (χ0v) is 18.9. The summed E-state index contributed by atoms with van der Waals surface area (Å²) in [6.07, 6.45) is 8.23. The standard InChI is InChI=1S/C22H23FN6.HI/c1-24-22(26-9-8-16-13-27-20-12-18(23)6-7-19(16)20)28-14-17-4-2-3-5-21(17)29-11-10-25-15-29;/h2-7,10-13,15,27H,8-9,14H2,1H3,(H2,24,26,28);1H. The van der Waals surface area contributed by atoms with Gasteiger partial charge in [0.25, 0.3) is 0 Å². The van der Waals surface area contributed by atoms with Crippen molar-refractivity contribution in [3.05, 3.63) is 84.3 Å². The lowest BCUT2D eigenvalue weighted by Gasteiger charge is -2.14. The molecule has 0 atom stereocenters. The van der Waals surface area contributed by atoms with Gasteiger partial charge in [0.05, 0.1) is 12.0 Å². The number of guanidine groups is 1. The highest BCUT2D eigenvalue weighted by Crippen LogP contribution is 2.19. The number of aliphatic imine (C=N–C) groups is 1. The zero-order chi connectivity index (χ0) is 20.1. The van der Waals surface area contributed by atoms with Crippen LogP contribution in [0.5, 0.6) is 0 Å². The van der Waals surface area contributed by atoms with Crippen LogP contribution in [0.4, 0.5) is 4.39 Å². The largest absolute Gasteiger partial charge is 0.361 e. The predicted molar refractivity (Wildman–Crippen MR) is 129 cm³/mol. The maximum Gasteiger partial charge on any atom is 0.191 e. The molecule has 4 rings (SSSR count). The first-order valence-electron chi connectivity index (χ1n) is 9.51. The Hall–Kier alpha value is -2.88. The molecule has 0 aliphatic carbocycles. The van der Waals surface area contributed by atoms with Gasteiger partial charge in [0.2, 0.25) is 0 Å². The maximum absolute atomic E-state index is 13.3. The number of hydrogen-bond acceptors (Lipinski definition) is 2. The van der Waals surface area contributed by atoms with E-state index < -0.39 is 0 Å². The Kier molecular flexibility index (Phi) is 7.45. The number of imidazole rings is 1. The van der Waals surface area contributed by atoms with Crippen molar-refractivity contribution >= 4 is 40.8 Å². The Morgan fingerprint density at radius 3 is 2.83 bits per heavy atom. The Morgan fingerprint density at radius 1 is 1.17 bits per heavy atom. The molecule has 0 amide bonds. The summed E-state index contributed by atoms with van der Waals surface area (Å²) in [5, 5.41) is 7.75. The van der Waals surface area contributed by atoms with Crippen LogP contribution in [0.1, 0.15) is 11.1 Å². The van der Waals surface area contributed by atoms with Gasteiger partial charge in [-0.2, -0.15) is 0 Å². The molecule has 4 aromatic rings. The van der Waals surface area contributed by atoms with Crippen LogP contribution in [0.2, 0.25) is 0 Å². The van der Waals surface area contributed by atoms with Gasteiger partial charge < -0.3 is 20.2 Å². The van der Waals surface area contributed by atoms with E-state index in [-0.39, 0.29) is 29.8 Å². The van der Waals surface area contributed by atoms with Crippen LogP contribution in [0, 0.1) is 5.82 Å². The minimum Gasteiger partial charge on any atom is -0.361 e. The van der Waals surface area contributed by atoms with Gasteiger partial charge in [0, 0.05) is 49.6 Å². The van der Waals surface area contributed by atoms with Gasteiger partial charge in [-0.15, -0.1) is 24.0 Å². The highest BCUT2D eigenvalue weighted by Gasteiger charge is 2.07. The lowest BCUT2D eigenvalue weighted by molar-refractivity contribution is 0.629. The molecule has 0 spiro atoms. The second-order valence-corrected chi connectivity index (χ2v) is 6.71. The number of nitrogens with one attached hydrogen (secondary N) is 3. The van der Waals surface area contributed by atoms with Crippen LogP contribution < -0.4 is 10.6 Å². The number of fused-ring (bicyclic) bond motifs is 1. The number of para-hydroxylation sites is 1. The molecule has 2 aromatic heterocycles. The van der Waals surface area contributed by atoms with Crippen molar-refractivity contribution in [2.45, 2.75) is 13.0 Å². The van der Waals surface area contributed by atoms with Gasteiger partial charge in [-0.3, -0.25) is 4.99 Å². The molecule has 30 heavy (non-hydrogen) atoms. The van der Waals surface area contributed by atoms with Crippen LogP contribution in [-0.4, -0.2) is 34.1 Å². The van der Waals surface area contributed by atoms with E-state index in [1.54, 1.807) is 19.6 Å². The van der Waals surface area contributed by atoms with Gasteiger partial charge in [-0.05, 0) is 41.8 Å². The second-order valence-electron chi connectivity index (χ2n) is 6.71. The molecular formula is C22H24FIN6. The fourth-order valence-corrected chi connectivity index (χ4v) is 3.39. The van der Waals surface area contributed by atoms with Gasteiger partial charge in [0.15, 0.2) is 5.96 Å². The quantitative estimate of drug-likeness (QED) is 0.205. The third-order valence-corrected chi connectivity index (χ3v) is 4.86. The van der Waals surface area contributed by atoms with Crippen LogP contribution in [-0.2, 0) is 13.0 Å². The average Bonchev–Trinajstić information content (AvgIpc) is 3.41. The molecule has 156 valence electrons. The number of hydrogen-bond donors (Lipinski definition) is 3. The van der Waals surface area contributed by atoms with Crippen LogP contribution in [0.3, 0.4) is 0 Å². The van der Waals surface area contributed by atoms with E-state index in [1.165, 1.54) is 12.1 Å². The van der Waals surface area contributed by atoms with Crippen molar-refractivity contribution in [3.8, 4) is 5.69 Å². The minimum absolute atomic E-state index is 0. The molecule has 0 bridgehead atoms. The first-order valence-corrected chi connectivity index (χ1v) is 9.51. The first-order chi connectivity index (χ1) is 14.2. The van der Waals surface area contributed by atoms with E-state index in [9.17, 15) is 4.39 Å².